The van der Waals surface area contributed by atoms with Gasteiger partial charge in [-0.2, -0.15) is 0 Å². The molecule has 7 heteroatoms. The molecule has 0 spiro atoms. The molecule has 0 heterocycles. The monoisotopic (exact) mass is 257 g/mol. The summed E-state index contributed by atoms with van der Waals surface area (Å²) in [6.07, 6.45) is 1.04. The average molecular weight is 257 g/mol. The molecule has 17 heavy (non-hydrogen) atoms. The van der Waals surface area contributed by atoms with Crippen molar-refractivity contribution in [3.63, 3.8) is 0 Å². The second-order valence-electron chi connectivity index (χ2n) is 3.67. The molecule has 0 radical (unpaired) electrons. The van der Waals surface area contributed by atoms with Gasteiger partial charge in [-0.25, -0.2) is 14.3 Å². The average Bonchev–Trinajstić information content (AvgIpc) is 2.25. The molecule has 1 amide bonds. The predicted molar refractivity (Wildman–Crippen MR) is 65.7 cm³/mol. The molecular weight excluding hydrogens is 242 g/mol. The summed E-state index contributed by atoms with van der Waals surface area (Å²) < 4.78 is 24.1. The fourth-order valence-corrected chi connectivity index (χ4v) is 2.14. The van der Waals surface area contributed by atoms with Gasteiger partial charge < -0.3 is 0 Å². The van der Waals surface area contributed by atoms with Crippen molar-refractivity contribution in [1.29, 1.82) is 0 Å². The molecule has 0 saturated heterocycles. The van der Waals surface area contributed by atoms with E-state index in [0.29, 0.717) is 5.69 Å². The molecule has 6 nitrogen and oxygen atoms in total. The summed E-state index contributed by atoms with van der Waals surface area (Å²) in [6, 6.07) is 6.82. The van der Waals surface area contributed by atoms with Crippen molar-refractivity contribution in [1.82, 2.24) is 5.43 Å². The molecule has 0 saturated carbocycles. The zero-order valence-corrected chi connectivity index (χ0v) is 10.5. The number of nitrogens with one attached hydrogen (secondary N) is 1. The van der Waals surface area contributed by atoms with Gasteiger partial charge in [-0.3, -0.25) is 14.5 Å². The molecule has 0 fully saturated rings. The Kier molecular flexibility index (Phi) is 4.08. The molecule has 0 aliphatic carbocycles. The SMILES string of the molecule is Cc1ccc(N(CC(=O)NN)S(C)(=O)=O)cc1. The second kappa shape index (κ2) is 5.15. The van der Waals surface area contributed by atoms with E-state index in [-0.39, 0.29) is 6.54 Å². The van der Waals surface area contributed by atoms with E-state index in [9.17, 15) is 13.2 Å². The van der Waals surface area contributed by atoms with Gasteiger partial charge in [0.05, 0.1) is 11.9 Å². The van der Waals surface area contributed by atoms with Crippen molar-refractivity contribution in [2.75, 3.05) is 17.1 Å². The summed E-state index contributed by atoms with van der Waals surface area (Å²) in [4.78, 5) is 11.2. The number of hydrogen-bond acceptors (Lipinski definition) is 4. The number of rotatable bonds is 4. The van der Waals surface area contributed by atoms with Crippen LogP contribution in [0.15, 0.2) is 24.3 Å². The highest BCUT2D eigenvalue weighted by Crippen LogP contribution is 2.17. The zero-order chi connectivity index (χ0) is 13.1. The molecule has 0 unspecified atom stereocenters. The van der Waals surface area contributed by atoms with Crippen LogP contribution in [-0.4, -0.2) is 27.1 Å². The summed E-state index contributed by atoms with van der Waals surface area (Å²) >= 11 is 0. The number of amides is 1. The lowest BCUT2D eigenvalue weighted by atomic mass is 10.2. The summed E-state index contributed by atoms with van der Waals surface area (Å²) in [6.45, 7) is 1.56. The van der Waals surface area contributed by atoms with Crippen molar-refractivity contribution in [3.8, 4) is 0 Å². The highest BCUT2D eigenvalue weighted by Gasteiger charge is 2.19. The smallest absolute Gasteiger partial charge is 0.254 e. The van der Waals surface area contributed by atoms with E-state index < -0.39 is 15.9 Å². The molecule has 0 atom stereocenters. The summed E-state index contributed by atoms with van der Waals surface area (Å²) in [5, 5.41) is 0. The fraction of sp³-hybridized carbons (Fsp3) is 0.300. The van der Waals surface area contributed by atoms with E-state index >= 15 is 0 Å². The normalized spacial score (nSPS) is 11.0. The molecule has 3 N–H and O–H groups in total. The molecule has 1 rings (SSSR count). The second-order valence-corrected chi connectivity index (χ2v) is 5.58. The lowest BCUT2D eigenvalue weighted by molar-refractivity contribution is -0.119. The van der Waals surface area contributed by atoms with Crippen molar-refractivity contribution in [3.05, 3.63) is 29.8 Å². The van der Waals surface area contributed by atoms with E-state index in [0.717, 1.165) is 16.1 Å². The van der Waals surface area contributed by atoms with Crippen LogP contribution >= 0.6 is 0 Å². The molecular formula is C10H15N3O3S. The predicted octanol–water partition coefficient (Wildman–Crippen LogP) is -0.249. The van der Waals surface area contributed by atoms with Gasteiger partial charge >= 0.3 is 0 Å². The topological polar surface area (TPSA) is 92.5 Å². The first-order valence-corrected chi connectivity index (χ1v) is 6.73. The van der Waals surface area contributed by atoms with Gasteiger partial charge in [0.1, 0.15) is 6.54 Å². The molecule has 0 aliphatic rings. The number of nitrogens with zero attached hydrogens (tertiary/aromatic N) is 1. The maximum absolute atomic E-state index is 11.6. The minimum atomic E-state index is -3.52. The van der Waals surface area contributed by atoms with Gasteiger partial charge in [0.15, 0.2) is 0 Å². The minimum Gasteiger partial charge on any atom is -0.293 e. The standard InChI is InChI=1S/C10H15N3O3S/c1-8-3-5-9(6-4-8)13(17(2,15)16)7-10(14)12-11/h3-6H,7,11H2,1-2H3,(H,12,14). The van der Waals surface area contributed by atoms with Crippen molar-refractivity contribution in [2.24, 2.45) is 5.84 Å². The Balaban J connectivity index is 3.07. The first-order valence-electron chi connectivity index (χ1n) is 4.88. The molecule has 1 aromatic rings. The van der Waals surface area contributed by atoms with Crippen molar-refractivity contribution >= 4 is 21.6 Å². The highest BCUT2D eigenvalue weighted by atomic mass is 32.2. The number of benzene rings is 1. The summed E-state index contributed by atoms with van der Waals surface area (Å²) in [7, 11) is -3.52. The van der Waals surface area contributed by atoms with Gasteiger partial charge in [0.2, 0.25) is 10.0 Å². The third-order valence-corrected chi connectivity index (χ3v) is 3.31. The van der Waals surface area contributed by atoms with Crippen LogP contribution in [-0.2, 0) is 14.8 Å². The molecule has 0 aliphatic heterocycles. The van der Waals surface area contributed by atoms with Gasteiger partial charge in [-0.1, -0.05) is 17.7 Å². The zero-order valence-electron chi connectivity index (χ0n) is 9.67. The molecule has 1 aromatic carbocycles. The van der Waals surface area contributed by atoms with Crippen molar-refractivity contribution in [2.45, 2.75) is 6.92 Å². The Morgan fingerprint density at radius 3 is 2.29 bits per heavy atom. The minimum absolute atomic E-state index is 0.335. The van der Waals surface area contributed by atoms with Crippen LogP contribution in [0.1, 0.15) is 5.56 Å². The van der Waals surface area contributed by atoms with Crippen LogP contribution in [0.5, 0.6) is 0 Å². The number of hydrazine groups is 1. The van der Waals surface area contributed by atoms with E-state index in [1.54, 1.807) is 24.3 Å². The van der Waals surface area contributed by atoms with Gasteiger partial charge in [-0.05, 0) is 19.1 Å². The third kappa shape index (κ3) is 3.72. The number of carbonyl (C=O) groups is 1. The lowest BCUT2D eigenvalue weighted by Crippen LogP contribution is -2.42. The Bertz CT molecular complexity index is 496. The van der Waals surface area contributed by atoms with Crippen LogP contribution in [0.3, 0.4) is 0 Å². The largest absolute Gasteiger partial charge is 0.293 e. The number of anilines is 1. The summed E-state index contributed by atoms with van der Waals surface area (Å²) in [5.41, 5.74) is 3.34. The maximum atomic E-state index is 11.6. The quantitative estimate of drug-likeness (QED) is 0.442. The number of carbonyl (C=O) groups excluding carboxylic acids is 1. The lowest BCUT2D eigenvalue weighted by Gasteiger charge is -2.21. The molecule has 0 bridgehead atoms. The Labute approximate surface area is 100 Å². The van der Waals surface area contributed by atoms with Crippen molar-refractivity contribution < 1.29 is 13.2 Å². The van der Waals surface area contributed by atoms with E-state index in [2.05, 4.69) is 0 Å². The molecule has 94 valence electrons. The van der Waals surface area contributed by atoms with Crippen LogP contribution in [0.25, 0.3) is 0 Å². The Morgan fingerprint density at radius 1 is 1.35 bits per heavy atom. The van der Waals surface area contributed by atoms with Gasteiger partial charge in [0, 0.05) is 0 Å². The van der Waals surface area contributed by atoms with Crippen LogP contribution in [0.4, 0.5) is 5.69 Å². The fourth-order valence-electron chi connectivity index (χ4n) is 1.29. The number of hydrogen-bond donors (Lipinski definition) is 2. The number of sulfonamides is 1. The van der Waals surface area contributed by atoms with Gasteiger partial charge in [-0.15, -0.1) is 0 Å². The third-order valence-electron chi connectivity index (χ3n) is 2.17. The first-order chi connectivity index (χ1) is 7.84. The summed E-state index contributed by atoms with van der Waals surface area (Å²) in [5.74, 6) is 4.37. The number of aryl methyl sites for hydroxylation is 1. The van der Waals surface area contributed by atoms with Crippen LogP contribution in [0, 0.1) is 6.92 Å². The Hall–Kier alpha value is -1.60. The highest BCUT2D eigenvalue weighted by molar-refractivity contribution is 7.92. The van der Waals surface area contributed by atoms with Gasteiger partial charge in [0.25, 0.3) is 5.91 Å². The maximum Gasteiger partial charge on any atom is 0.254 e. The first kappa shape index (κ1) is 13.5. The van der Waals surface area contributed by atoms with Crippen LogP contribution < -0.4 is 15.6 Å². The van der Waals surface area contributed by atoms with Crippen LogP contribution in [0.2, 0.25) is 0 Å². The Morgan fingerprint density at radius 2 is 1.88 bits per heavy atom. The van der Waals surface area contributed by atoms with E-state index in [1.165, 1.54) is 0 Å². The van der Waals surface area contributed by atoms with E-state index in [1.807, 2.05) is 12.3 Å². The van der Waals surface area contributed by atoms with E-state index in [4.69, 9.17) is 5.84 Å². The molecule has 0 aromatic heterocycles. The number of nitrogens with two attached hydrogens (primary N) is 1.